The maximum Gasteiger partial charge on any atom is 0.168 e. The van der Waals surface area contributed by atoms with Gasteiger partial charge in [-0.2, -0.15) is 0 Å². The maximum absolute atomic E-state index is 13.9. The topological polar surface area (TPSA) is 37.4 Å². The molecule has 2 heterocycles. The Morgan fingerprint density at radius 1 is 1.42 bits per heavy atom. The van der Waals surface area contributed by atoms with E-state index < -0.39 is 11.6 Å². The minimum Gasteiger partial charge on any atom is -0.371 e. The van der Waals surface area contributed by atoms with Gasteiger partial charge in [0.05, 0.1) is 11.7 Å². The normalized spacial score (nSPS) is 22.4. The molecule has 1 saturated heterocycles. The summed E-state index contributed by atoms with van der Waals surface area (Å²) in [4.78, 5) is 5.82. The first-order valence-electron chi connectivity index (χ1n) is 6.29. The van der Waals surface area contributed by atoms with Crippen molar-refractivity contribution < 1.29 is 13.5 Å². The highest BCUT2D eigenvalue weighted by Crippen LogP contribution is 2.28. The lowest BCUT2D eigenvalue weighted by Crippen LogP contribution is -2.52. The minimum atomic E-state index is -0.690. The summed E-state index contributed by atoms with van der Waals surface area (Å²) in [5, 5.41) is 2.62. The fourth-order valence-electron chi connectivity index (χ4n) is 2.47. The van der Waals surface area contributed by atoms with Gasteiger partial charge < -0.3 is 15.0 Å². The molecule has 1 aliphatic rings. The van der Waals surface area contributed by atoms with Crippen LogP contribution in [0.15, 0.2) is 6.07 Å². The molecule has 1 N–H and O–H groups in total. The molecular formula is C13H19F2N3O. The third-order valence-electron chi connectivity index (χ3n) is 3.02. The van der Waals surface area contributed by atoms with E-state index in [2.05, 4.69) is 10.3 Å². The lowest BCUT2D eigenvalue weighted by atomic mass is 10.1. The molecule has 0 saturated carbocycles. The molecule has 1 fully saturated rings. The van der Waals surface area contributed by atoms with Gasteiger partial charge in [-0.3, -0.25) is 0 Å². The molecule has 1 aromatic heterocycles. The van der Waals surface area contributed by atoms with Crippen LogP contribution in [0.1, 0.15) is 20.8 Å². The molecule has 106 valence electrons. The number of rotatable bonds is 2. The number of nitrogens with one attached hydrogen (secondary N) is 1. The molecule has 1 aromatic rings. The molecule has 0 radical (unpaired) electrons. The van der Waals surface area contributed by atoms with Crippen molar-refractivity contribution in [3.8, 4) is 0 Å². The monoisotopic (exact) mass is 271 g/mol. The second-order valence-corrected chi connectivity index (χ2v) is 5.44. The van der Waals surface area contributed by atoms with Gasteiger partial charge in [0, 0.05) is 26.2 Å². The number of pyridine rings is 1. The van der Waals surface area contributed by atoms with Gasteiger partial charge in [-0.1, -0.05) is 0 Å². The van der Waals surface area contributed by atoms with Crippen LogP contribution >= 0.6 is 0 Å². The third kappa shape index (κ3) is 2.94. The summed E-state index contributed by atoms with van der Waals surface area (Å²) in [7, 11) is 1.55. The summed E-state index contributed by atoms with van der Waals surface area (Å²) >= 11 is 0. The Kier molecular flexibility index (Phi) is 3.62. The zero-order chi connectivity index (χ0) is 14.2. The SMILES string of the molecule is CNc1nc(N2CC(C)OC(C)(C)C2)c(F)cc1F. The Morgan fingerprint density at radius 2 is 2.11 bits per heavy atom. The van der Waals surface area contributed by atoms with Crippen molar-refractivity contribution in [2.75, 3.05) is 30.4 Å². The number of hydrogen-bond acceptors (Lipinski definition) is 4. The van der Waals surface area contributed by atoms with E-state index in [1.54, 1.807) is 11.9 Å². The van der Waals surface area contributed by atoms with Crippen LogP contribution in [0.3, 0.4) is 0 Å². The summed E-state index contributed by atoms with van der Waals surface area (Å²) in [6.45, 7) is 6.85. The van der Waals surface area contributed by atoms with Gasteiger partial charge in [0.2, 0.25) is 0 Å². The van der Waals surface area contributed by atoms with Crippen molar-refractivity contribution in [2.45, 2.75) is 32.5 Å². The second-order valence-electron chi connectivity index (χ2n) is 5.44. The van der Waals surface area contributed by atoms with E-state index in [1.807, 2.05) is 20.8 Å². The average Bonchev–Trinajstić information content (AvgIpc) is 2.26. The molecule has 0 amide bonds. The van der Waals surface area contributed by atoms with Crippen molar-refractivity contribution in [2.24, 2.45) is 0 Å². The smallest absolute Gasteiger partial charge is 0.168 e. The second kappa shape index (κ2) is 4.92. The van der Waals surface area contributed by atoms with Gasteiger partial charge >= 0.3 is 0 Å². The minimum absolute atomic E-state index is 0.0342. The molecular weight excluding hydrogens is 252 g/mol. The molecule has 0 spiro atoms. The third-order valence-corrected chi connectivity index (χ3v) is 3.02. The van der Waals surface area contributed by atoms with Crippen molar-refractivity contribution in [3.63, 3.8) is 0 Å². The van der Waals surface area contributed by atoms with Gasteiger partial charge in [0.15, 0.2) is 23.3 Å². The van der Waals surface area contributed by atoms with Crippen LogP contribution in [0.25, 0.3) is 0 Å². The highest BCUT2D eigenvalue weighted by molar-refractivity contribution is 5.49. The Hall–Kier alpha value is -1.43. The van der Waals surface area contributed by atoms with Gasteiger partial charge in [-0.15, -0.1) is 0 Å². The van der Waals surface area contributed by atoms with Crippen LogP contribution in [0.5, 0.6) is 0 Å². The molecule has 1 atom stereocenters. The fourth-order valence-corrected chi connectivity index (χ4v) is 2.47. The Morgan fingerprint density at radius 3 is 2.68 bits per heavy atom. The largest absolute Gasteiger partial charge is 0.371 e. The summed E-state index contributed by atoms with van der Waals surface area (Å²) in [5.74, 6) is -1.13. The Bertz CT molecular complexity index is 479. The quantitative estimate of drug-likeness (QED) is 0.896. The molecule has 1 aliphatic heterocycles. The fraction of sp³-hybridized carbons (Fsp3) is 0.615. The zero-order valence-corrected chi connectivity index (χ0v) is 11.6. The molecule has 0 aromatic carbocycles. The highest BCUT2D eigenvalue weighted by Gasteiger charge is 2.33. The number of morpholine rings is 1. The highest BCUT2D eigenvalue weighted by atomic mass is 19.1. The van der Waals surface area contributed by atoms with Crippen LogP contribution in [-0.2, 0) is 4.74 Å². The van der Waals surface area contributed by atoms with E-state index in [4.69, 9.17) is 4.74 Å². The number of halogens is 2. The molecule has 6 heteroatoms. The van der Waals surface area contributed by atoms with Crippen molar-refractivity contribution >= 4 is 11.6 Å². The summed E-state index contributed by atoms with van der Waals surface area (Å²) < 4.78 is 33.1. The van der Waals surface area contributed by atoms with Crippen LogP contribution in [0, 0.1) is 11.6 Å². The number of aromatic nitrogens is 1. The van der Waals surface area contributed by atoms with Crippen LogP contribution in [0.4, 0.5) is 20.4 Å². The average molecular weight is 271 g/mol. The van der Waals surface area contributed by atoms with Gasteiger partial charge in [-0.25, -0.2) is 13.8 Å². The van der Waals surface area contributed by atoms with E-state index in [0.29, 0.717) is 13.1 Å². The predicted octanol–water partition coefficient (Wildman–Crippen LogP) is 2.41. The number of ether oxygens (including phenoxy) is 1. The molecule has 1 unspecified atom stereocenters. The van der Waals surface area contributed by atoms with E-state index in [-0.39, 0.29) is 23.3 Å². The van der Waals surface area contributed by atoms with Crippen LogP contribution in [-0.4, -0.2) is 36.8 Å². The summed E-state index contributed by atoms with van der Waals surface area (Å²) in [5.41, 5.74) is -0.389. The standard InChI is InChI=1S/C13H19F2N3O/c1-8-6-18(7-13(2,3)19-8)12-10(15)5-9(14)11(16-4)17-12/h5,8H,6-7H2,1-4H3,(H,16,17). The number of anilines is 2. The Labute approximate surface area is 111 Å². The van der Waals surface area contributed by atoms with Crippen LogP contribution in [0.2, 0.25) is 0 Å². The molecule has 19 heavy (non-hydrogen) atoms. The molecule has 0 bridgehead atoms. The number of hydrogen-bond donors (Lipinski definition) is 1. The lowest BCUT2D eigenvalue weighted by molar-refractivity contribution is -0.0753. The first kappa shape index (κ1) is 14.0. The first-order valence-corrected chi connectivity index (χ1v) is 6.29. The molecule has 2 rings (SSSR count). The van der Waals surface area contributed by atoms with Crippen molar-refractivity contribution in [3.05, 3.63) is 17.7 Å². The molecule has 4 nitrogen and oxygen atoms in total. The molecule has 0 aliphatic carbocycles. The van der Waals surface area contributed by atoms with Crippen LogP contribution < -0.4 is 10.2 Å². The number of nitrogens with zero attached hydrogens (tertiary/aromatic N) is 2. The van der Waals surface area contributed by atoms with E-state index in [9.17, 15) is 8.78 Å². The summed E-state index contributed by atoms with van der Waals surface area (Å²) in [6, 6.07) is 0.862. The van der Waals surface area contributed by atoms with Gasteiger partial charge in [0.1, 0.15) is 0 Å². The maximum atomic E-state index is 13.9. The first-order chi connectivity index (χ1) is 8.82. The van der Waals surface area contributed by atoms with Gasteiger partial charge in [-0.05, 0) is 20.8 Å². The van der Waals surface area contributed by atoms with Gasteiger partial charge in [0.25, 0.3) is 0 Å². The lowest BCUT2D eigenvalue weighted by Gasteiger charge is -2.42. The van der Waals surface area contributed by atoms with E-state index in [1.165, 1.54) is 0 Å². The van der Waals surface area contributed by atoms with Crippen molar-refractivity contribution in [1.82, 2.24) is 4.98 Å². The van der Waals surface area contributed by atoms with E-state index >= 15 is 0 Å². The van der Waals surface area contributed by atoms with E-state index in [0.717, 1.165) is 6.07 Å². The zero-order valence-electron chi connectivity index (χ0n) is 11.6. The predicted molar refractivity (Wildman–Crippen MR) is 70.5 cm³/mol. The summed E-state index contributed by atoms with van der Waals surface area (Å²) in [6.07, 6.45) is -0.0342. The Balaban J connectivity index is 2.35. The van der Waals surface area contributed by atoms with Crippen molar-refractivity contribution in [1.29, 1.82) is 0 Å².